The van der Waals surface area contributed by atoms with Crippen LogP contribution < -0.4 is 5.56 Å². The molecule has 1 fully saturated rings. The molecule has 0 atom stereocenters. The molecule has 5 heteroatoms. The minimum Gasteiger partial charge on any atom is -0.335 e. The van der Waals surface area contributed by atoms with Crippen molar-refractivity contribution in [2.75, 3.05) is 6.26 Å². The van der Waals surface area contributed by atoms with Crippen molar-refractivity contribution in [2.24, 2.45) is 0 Å². The molecule has 2 aromatic carbocycles. The van der Waals surface area contributed by atoms with Crippen LogP contribution in [0.15, 0.2) is 64.3 Å². The van der Waals surface area contributed by atoms with Crippen LogP contribution in [0.1, 0.15) is 59.9 Å². The van der Waals surface area contributed by atoms with Gasteiger partial charge in [0.1, 0.15) is 0 Å². The number of hydrogen-bond donors (Lipinski definition) is 2. The van der Waals surface area contributed by atoms with Gasteiger partial charge in [0, 0.05) is 22.6 Å². The number of aromatic amines is 2. The van der Waals surface area contributed by atoms with Gasteiger partial charge in [-0.15, -0.1) is 11.8 Å². The zero-order valence-corrected chi connectivity index (χ0v) is 18.2. The third-order valence-electron chi connectivity index (χ3n) is 6.04. The van der Waals surface area contributed by atoms with Crippen LogP contribution in [0.25, 0.3) is 0 Å². The highest BCUT2D eigenvalue weighted by Gasteiger charge is 2.26. The Kier molecular flexibility index (Phi) is 6.36. The largest absolute Gasteiger partial charge is 0.335 e. The van der Waals surface area contributed by atoms with Crippen LogP contribution in [0.5, 0.6) is 0 Å². The lowest BCUT2D eigenvalue weighted by molar-refractivity contribution is 0.389. The van der Waals surface area contributed by atoms with E-state index in [0.29, 0.717) is 23.0 Å². The van der Waals surface area contributed by atoms with E-state index in [1.54, 1.807) is 11.8 Å². The van der Waals surface area contributed by atoms with E-state index >= 15 is 0 Å². The summed E-state index contributed by atoms with van der Waals surface area (Å²) in [6.45, 7) is 0. The summed E-state index contributed by atoms with van der Waals surface area (Å²) in [6, 6.07) is 19.1. The maximum Gasteiger partial charge on any atom is 0.255 e. The first-order valence-corrected chi connectivity index (χ1v) is 11.8. The number of hydrogen-bond acceptors (Lipinski definition) is 3. The summed E-state index contributed by atoms with van der Waals surface area (Å²) in [5.74, 6) is 0.966. The summed E-state index contributed by atoms with van der Waals surface area (Å²) in [4.78, 5) is 20.2. The van der Waals surface area contributed by atoms with Crippen LogP contribution in [0, 0.1) is 4.77 Å². The molecule has 0 radical (unpaired) electrons. The van der Waals surface area contributed by atoms with E-state index in [2.05, 4.69) is 58.7 Å². The van der Waals surface area contributed by atoms with E-state index in [9.17, 15) is 4.79 Å². The Morgan fingerprint density at radius 3 is 2.31 bits per heavy atom. The molecule has 29 heavy (non-hydrogen) atoms. The van der Waals surface area contributed by atoms with Gasteiger partial charge in [0.2, 0.25) is 0 Å². The summed E-state index contributed by atoms with van der Waals surface area (Å²) in [6.07, 6.45) is 7.14. The highest BCUT2D eigenvalue weighted by molar-refractivity contribution is 7.98. The molecule has 0 aliphatic heterocycles. The van der Waals surface area contributed by atoms with Crippen LogP contribution in [0.3, 0.4) is 0 Å². The molecule has 0 amide bonds. The molecular formula is C24H26N2OS2. The van der Waals surface area contributed by atoms with E-state index < -0.39 is 0 Å². The van der Waals surface area contributed by atoms with Crippen LogP contribution in [0.2, 0.25) is 0 Å². The average Bonchev–Trinajstić information content (AvgIpc) is 2.76. The highest BCUT2D eigenvalue weighted by atomic mass is 32.2. The van der Waals surface area contributed by atoms with Crippen molar-refractivity contribution in [3.8, 4) is 0 Å². The summed E-state index contributed by atoms with van der Waals surface area (Å²) < 4.78 is 0.428. The first-order valence-electron chi connectivity index (χ1n) is 10.2. The monoisotopic (exact) mass is 422 g/mol. The second-order valence-electron chi connectivity index (χ2n) is 7.75. The molecule has 2 N–H and O–H groups in total. The standard InChI is InChI=1S/C24H26N2OS2/c1-29-21-10-6-5-9-19(21)15-20-22(25-24(28)26-23(20)27)18-13-11-17(12-14-18)16-7-3-2-4-8-16/h2-10,17-18H,11-15H2,1H3,(H2,25,26,27,28). The van der Waals surface area contributed by atoms with Crippen molar-refractivity contribution >= 4 is 24.0 Å². The number of aromatic nitrogens is 2. The van der Waals surface area contributed by atoms with Crippen LogP contribution in [-0.2, 0) is 6.42 Å². The van der Waals surface area contributed by atoms with E-state index in [0.717, 1.165) is 36.9 Å². The van der Waals surface area contributed by atoms with E-state index in [1.807, 2.05) is 12.1 Å². The first-order chi connectivity index (χ1) is 14.2. The predicted molar refractivity (Wildman–Crippen MR) is 124 cm³/mol. The number of nitrogens with one attached hydrogen (secondary N) is 2. The smallest absolute Gasteiger partial charge is 0.255 e. The summed E-state index contributed by atoms with van der Waals surface area (Å²) in [5.41, 5.74) is 4.45. The zero-order chi connectivity index (χ0) is 20.2. The molecule has 3 nitrogen and oxygen atoms in total. The Hall–Kier alpha value is -2.11. The van der Waals surface area contributed by atoms with E-state index in [1.165, 1.54) is 16.0 Å². The van der Waals surface area contributed by atoms with Crippen LogP contribution in [-0.4, -0.2) is 16.2 Å². The summed E-state index contributed by atoms with van der Waals surface area (Å²) in [7, 11) is 0. The van der Waals surface area contributed by atoms with Gasteiger partial charge in [-0.2, -0.15) is 0 Å². The van der Waals surface area contributed by atoms with Gasteiger partial charge in [-0.25, -0.2) is 0 Å². The SMILES string of the molecule is CSc1ccccc1Cc1c(C2CCC(c3ccccc3)CC2)[nH]c(=S)[nH]c1=O. The number of H-pyrrole nitrogens is 2. The Labute approximate surface area is 181 Å². The molecule has 0 spiro atoms. The van der Waals surface area contributed by atoms with E-state index in [-0.39, 0.29) is 5.56 Å². The van der Waals surface area contributed by atoms with E-state index in [4.69, 9.17) is 12.2 Å². The molecule has 3 aromatic rings. The minimum atomic E-state index is -0.0511. The Balaban J connectivity index is 1.61. The topological polar surface area (TPSA) is 48.6 Å². The molecule has 0 unspecified atom stereocenters. The Morgan fingerprint density at radius 2 is 1.59 bits per heavy atom. The summed E-state index contributed by atoms with van der Waals surface area (Å²) >= 11 is 7.03. The Bertz CT molecular complexity index is 1080. The third kappa shape index (κ3) is 4.57. The van der Waals surface area contributed by atoms with Crippen molar-refractivity contribution in [1.82, 2.24) is 9.97 Å². The minimum absolute atomic E-state index is 0.0511. The highest BCUT2D eigenvalue weighted by Crippen LogP contribution is 2.40. The fourth-order valence-corrected chi connectivity index (χ4v) is 5.35. The van der Waals surface area contributed by atoms with Crippen LogP contribution in [0.4, 0.5) is 0 Å². The van der Waals surface area contributed by atoms with Crippen molar-refractivity contribution in [3.05, 3.63) is 92.1 Å². The first kappa shape index (κ1) is 20.2. The van der Waals surface area contributed by atoms with Gasteiger partial charge in [-0.1, -0.05) is 48.5 Å². The maximum absolute atomic E-state index is 12.8. The lowest BCUT2D eigenvalue weighted by Gasteiger charge is -2.30. The Morgan fingerprint density at radius 1 is 0.931 bits per heavy atom. The predicted octanol–water partition coefficient (Wildman–Crippen LogP) is 6.19. The molecule has 0 saturated heterocycles. The van der Waals surface area contributed by atoms with Gasteiger partial charge in [0.25, 0.3) is 5.56 Å². The zero-order valence-electron chi connectivity index (χ0n) is 16.6. The quantitative estimate of drug-likeness (QED) is 0.381. The maximum atomic E-state index is 12.8. The van der Waals surface area contributed by atoms with Gasteiger partial charge in [-0.05, 0) is 73.2 Å². The van der Waals surface area contributed by atoms with Gasteiger partial charge < -0.3 is 4.98 Å². The molecule has 1 heterocycles. The summed E-state index contributed by atoms with van der Waals surface area (Å²) in [5, 5.41) is 0. The molecule has 1 saturated carbocycles. The number of thioether (sulfide) groups is 1. The van der Waals surface area contributed by atoms with Crippen molar-refractivity contribution in [2.45, 2.75) is 48.8 Å². The molecular weight excluding hydrogens is 396 g/mol. The molecule has 150 valence electrons. The third-order valence-corrected chi connectivity index (χ3v) is 7.08. The second kappa shape index (κ2) is 9.14. The lowest BCUT2D eigenvalue weighted by atomic mass is 9.76. The van der Waals surface area contributed by atoms with Crippen LogP contribution >= 0.6 is 24.0 Å². The number of rotatable bonds is 5. The molecule has 1 aliphatic rings. The normalized spacial score (nSPS) is 19.2. The van der Waals surface area contributed by atoms with Crippen molar-refractivity contribution in [1.29, 1.82) is 0 Å². The van der Waals surface area contributed by atoms with Gasteiger partial charge >= 0.3 is 0 Å². The molecule has 4 rings (SSSR count). The lowest BCUT2D eigenvalue weighted by Crippen LogP contribution is -2.22. The fourth-order valence-electron chi connectivity index (χ4n) is 4.53. The average molecular weight is 423 g/mol. The molecule has 1 aromatic heterocycles. The van der Waals surface area contributed by atoms with Gasteiger partial charge in [0.15, 0.2) is 4.77 Å². The molecule has 1 aliphatic carbocycles. The molecule has 0 bridgehead atoms. The second-order valence-corrected chi connectivity index (χ2v) is 9.00. The van der Waals surface area contributed by atoms with Crippen molar-refractivity contribution in [3.63, 3.8) is 0 Å². The van der Waals surface area contributed by atoms with Gasteiger partial charge in [-0.3, -0.25) is 9.78 Å². The van der Waals surface area contributed by atoms with Crippen molar-refractivity contribution < 1.29 is 0 Å². The van der Waals surface area contributed by atoms with Gasteiger partial charge in [0.05, 0.1) is 0 Å². The fraction of sp³-hybridized carbons (Fsp3) is 0.333. The number of benzene rings is 2.